The second kappa shape index (κ2) is 6.77. The molecule has 6 rings (SSSR count). The molecule has 0 aliphatic carbocycles. The fourth-order valence-corrected chi connectivity index (χ4v) is 5.26. The number of fused-ring (bicyclic) bond motifs is 3. The van der Waals surface area contributed by atoms with Crippen LogP contribution in [0.4, 0.5) is 5.13 Å². The summed E-state index contributed by atoms with van der Waals surface area (Å²) in [6.07, 6.45) is 0. The van der Waals surface area contributed by atoms with Gasteiger partial charge in [0.05, 0.1) is 27.2 Å². The molecule has 1 aliphatic heterocycles. The van der Waals surface area contributed by atoms with Gasteiger partial charge in [-0.05, 0) is 42.0 Å². The van der Waals surface area contributed by atoms with E-state index in [0.29, 0.717) is 26.7 Å². The van der Waals surface area contributed by atoms with Crippen LogP contribution >= 0.6 is 22.9 Å². The third-order valence-corrected chi connectivity index (χ3v) is 6.70. The van der Waals surface area contributed by atoms with Crippen molar-refractivity contribution in [3.8, 4) is 0 Å². The molecule has 3 heterocycles. The molecule has 0 bridgehead atoms. The maximum Gasteiger partial charge on any atom is 0.297 e. The molecule has 0 spiro atoms. The first-order valence-corrected chi connectivity index (χ1v) is 10.8. The van der Waals surface area contributed by atoms with Gasteiger partial charge in [0.2, 0.25) is 5.76 Å². The highest BCUT2D eigenvalue weighted by Crippen LogP contribution is 2.43. The predicted molar refractivity (Wildman–Crippen MR) is 122 cm³/mol. The van der Waals surface area contributed by atoms with Crippen LogP contribution in [-0.4, -0.2) is 10.9 Å². The number of rotatable bonds is 2. The van der Waals surface area contributed by atoms with Gasteiger partial charge in [-0.1, -0.05) is 59.3 Å². The molecule has 31 heavy (non-hydrogen) atoms. The molecule has 0 radical (unpaired) electrons. The lowest BCUT2D eigenvalue weighted by atomic mass is 9.99. The number of hydrogen-bond donors (Lipinski definition) is 0. The quantitative estimate of drug-likeness (QED) is 0.345. The molecule has 3 aromatic carbocycles. The van der Waals surface area contributed by atoms with E-state index in [1.54, 1.807) is 47.4 Å². The molecule has 1 amide bonds. The molecular weight excluding hydrogens is 432 g/mol. The summed E-state index contributed by atoms with van der Waals surface area (Å²) in [5.41, 5.74) is 1.99. The number of amides is 1. The lowest BCUT2D eigenvalue weighted by molar-refractivity contribution is 0.0971. The molecule has 0 saturated heterocycles. The van der Waals surface area contributed by atoms with E-state index >= 15 is 0 Å². The van der Waals surface area contributed by atoms with E-state index in [4.69, 9.17) is 16.0 Å². The Morgan fingerprint density at radius 3 is 2.61 bits per heavy atom. The van der Waals surface area contributed by atoms with Crippen LogP contribution in [0.25, 0.3) is 21.2 Å². The van der Waals surface area contributed by atoms with Crippen molar-refractivity contribution in [1.82, 2.24) is 4.98 Å². The molecule has 5 nitrogen and oxygen atoms in total. The van der Waals surface area contributed by atoms with Gasteiger partial charge in [0, 0.05) is 5.02 Å². The normalized spacial score (nSPS) is 15.7. The number of nitrogens with zero attached hydrogens (tertiary/aromatic N) is 2. The number of carbonyl (C=O) groups is 1. The van der Waals surface area contributed by atoms with E-state index < -0.39 is 6.04 Å². The maximum atomic E-state index is 13.6. The van der Waals surface area contributed by atoms with Gasteiger partial charge in [0.25, 0.3) is 5.91 Å². The van der Waals surface area contributed by atoms with E-state index in [0.717, 1.165) is 15.8 Å². The van der Waals surface area contributed by atoms with Gasteiger partial charge < -0.3 is 4.42 Å². The fourth-order valence-electron chi connectivity index (χ4n) is 4.07. The lowest BCUT2D eigenvalue weighted by Crippen LogP contribution is -2.29. The third kappa shape index (κ3) is 2.72. The van der Waals surface area contributed by atoms with Crippen molar-refractivity contribution in [3.63, 3.8) is 0 Å². The average Bonchev–Trinajstić information content (AvgIpc) is 3.33. The smallest absolute Gasteiger partial charge is 0.297 e. The van der Waals surface area contributed by atoms with Gasteiger partial charge >= 0.3 is 0 Å². The highest BCUT2D eigenvalue weighted by molar-refractivity contribution is 7.22. The van der Waals surface area contributed by atoms with Gasteiger partial charge in [-0.25, -0.2) is 4.98 Å². The van der Waals surface area contributed by atoms with Gasteiger partial charge in [-0.3, -0.25) is 14.5 Å². The van der Waals surface area contributed by atoms with Crippen LogP contribution in [0.15, 0.2) is 82.0 Å². The summed E-state index contributed by atoms with van der Waals surface area (Å²) in [6.45, 7) is 0. The number of thiazole rings is 1. The predicted octanol–water partition coefficient (Wildman–Crippen LogP) is 5.81. The molecule has 2 aromatic heterocycles. The van der Waals surface area contributed by atoms with Crippen molar-refractivity contribution < 1.29 is 9.21 Å². The van der Waals surface area contributed by atoms with Crippen LogP contribution in [0.2, 0.25) is 5.02 Å². The summed E-state index contributed by atoms with van der Waals surface area (Å²) < 4.78 is 6.91. The molecule has 1 atom stereocenters. The highest BCUT2D eigenvalue weighted by Gasteiger charge is 2.45. The Hall–Kier alpha value is -3.48. The SMILES string of the molecule is O=C1c2oc3ccccc3c(=O)c2[C@H](c2cccc(Cl)c2)N1c1nc2ccccc2s1. The van der Waals surface area contributed by atoms with Gasteiger partial charge in [-0.2, -0.15) is 0 Å². The molecule has 0 N–H and O–H groups in total. The Morgan fingerprint density at radius 2 is 1.77 bits per heavy atom. The Balaban J connectivity index is 1.66. The summed E-state index contributed by atoms with van der Waals surface area (Å²) in [4.78, 5) is 33.3. The first-order chi connectivity index (χ1) is 15.1. The minimum atomic E-state index is -0.678. The number of halogens is 1. The molecule has 1 aliphatic rings. The van der Waals surface area contributed by atoms with Crippen LogP contribution in [0.1, 0.15) is 27.7 Å². The standard InChI is InChI=1S/C24H13ClN2O3S/c25-14-7-5-6-13(12-14)20-19-21(28)15-8-1-3-10-17(15)30-22(19)23(29)27(20)24-26-16-9-2-4-11-18(16)31-24/h1-12,20H/t20-/m0/s1. The molecule has 0 fully saturated rings. The van der Waals surface area contributed by atoms with E-state index in [9.17, 15) is 9.59 Å². The first-order valence-electron chi connectivity index (χ1n) is 9.62. The van der Waals surface area contributed by atoms with Gasteiger partial charge in [0.1, 0.15) is 5.58 Å². The van der Waals surface area contributed by atoms with E-state index in [-0.39, 0.29) is 17.1 Å². The van der Waals surface area contributed by atoms with Crippen molar-refractivity contribution in [2.45, 2.75) is 6.04 Å². The molecule has 5 aromatic rings. The summed E-state index contributed by atoms with van der Waals surface area (Å²) in [5, 5.41) is 1.46. The zero-order valence-electron chi connectivity index (χ0n) is 15.9. The van der Waals surface area contributed by atoms with E-state index in [1.165, 1.54) is 11.3 Å². The monoisotopic (exact) mass is 444 g/mol. The van der Waals surface area contributed by atoms with Crippen molar-refractivity contribution in [1.29, 1.82) is 0 Å². The van der Waals surface area contributed by atoms with E-state index in [2.05, 4.69) is 4.98 Å². The topological polar surface area (TPSA) is 63.4 Å². The Kier molecular flexibility index (Phi) is 4.00. The second-order valence-corrected chi connectivity index (χ2v) is 8.71. The highest BCUT2D eigenvalue weighted by atomic mass is 35.5. The van der Waals surface area contributed by atoms with Gasteiger partial charge in [-0.15, -0.1) is 0 Å². The minimum absolute atomic E-state index is 0.0490. The second-order valence-electron chi connectivity index (χ2n) is 7.27. The molecular formula is C24H13ClN2O3S. The maximum absolute atomic E-state index is 13.6. The Morgan fingerprint density at radius 1 is 0.968 bits per heavy atom. The van der Waals surface area contributed by atoms with Crippen molar-refractivity contribution in [2.75, 3.05) is 4.90 Å². The molecule has 0 saturated carbocycles. The van der Waals surface area contributed by atoms with Crippen molar-refractivity contribution in [2.24, 2.45) is 0 Å². The summed E-state index contributed by atoms with van der Waals surface area (Å²) >= 11 is 7.66. The minimum Gasteiger partial charge on any atom is -0.450 e. The summed E-state index contributed by atoms with van der Waals surface area (Å²) in [5.74, 6) is -0.338. The van der Waals surface area contributed by atoms with Crippen LogP contribution in [0.5, 0.6) is 0 Å². The van der Waals surface area contributed by atoms with Crippen LogP contribution in [0.3, 0.4) is 0 Å². The molecule has 150 valence electrons. The third-order valence-electron chi connectivity index (χ3n) is 5.43. The number of anilines is 1. The zero-order chi connectivity index (χ0) is 21.1. The zero-order valence-corrected chi connectivity index (χ0v) is 17.5. The Bertz CT molecular complexity index is 1540. The van der Waals surface area contributed by atoms with E-state index in [1.807, 2.05) is 30.3 Å². The number of hydrogen-bond acceptors (Lipinski definition) is 5. The van der Waals surface area contributed by atoms with Crippen LogP contribution in [0, 0.1) is 0 Å². The molecule has 0 unspecified atom stereocenters. The number of benzene rings is 3. The number of aromatic nitrogens is 1. The largest absolute Gasteiger partial charge is 0.450 e. The lowest BCUT2D eigenvalue weighted by Gasteiger charge is -2.22. The summed E-state index contributed by atoms with van der Waals surface area (Å²) in [6, 6.07) is 21.1. The average molecular weight is 445 g/mol. The van der Waals surface area contributed by atoms with Crippen LogP contribution < -0.4 is 10.3 Å². The number of carbonyl (C=O) groups excluding carboxylic acids is 1. The summed E-state index contributed by atoms with van der Waals surface area (Å²) in [7, 11) is 0. The number of para-hydroxylation sites is 2. The van der Waals surface area contributed by atoms with Crippen LogP contribution in [-0.2, 0) is 0 Å². The molecule has 7 heteroatoms. The first kappa shape index (κ1) is 18.3. The van der Waals surface area contributed by atoms with Crippen molar-refractivity contribution in [3.05, 3.63) is 105 Å². The van der Waals surface area contributed by atoms with Crippen molar-refractivity contribution >= 4 is 55.2 Å². The Labute approximate surface area is 185 Å². The van der Waals surface area contributed by atoms with Gasteiger partial charge in [0.15, 0.2) is 10.6 Å². The fraction of sp³-hybridized carbons (Fsp3) is 0.0417.